The van der Waals surface area contributed by atoms with Crippen molar-refractivity contribution in [3.63, 3.8) is 0 Å². The van der Waals surface area contributed by atoms with E-state index in [1.807, 2.05) is 13.8 Å². The molecule has 0 aliphatic rings. The molecule has 0 fully saturated rings. The molecule has 2 rings (SSSR count). The molecule has 0 radical (unpaired) electrons. The summed E-state index contributed by atoms with van der Waals surface area (Å²) in [5.74, 6) is 1.07. The van der Waals surface area contributed by atoms with Gasteiger partial charge in [-0.2, -0.15) is 4.98 Å². The highest BCUT2D eigenvalue weighted by atomic mass is 35.5. The SMILES string of the molecule is CCO[C@@H](C)c1noc(CNc2ncc([N+](=O)[O-])cc2Cl)n1. The molecule has 0 aliphatic carbocycles. The molecule has 0 spiro atoms. The largest absolute Gasteiger partial charge is 0.371 e. The van der Waals surface area contributed by atoms with Gasteiger partial charge in [-0.3, -0.25) is 10.1 Å². The Morgan fingerprint density at radius 2 is 2.36 bits per heavy atom. The number of halogens is 1. The highest BCUT2D eigenvalue weighted by Crippen LogP contribution is 2.24. The summed E-state index contributed by atoms with van der Waals surface area (Å²) in [4.78, 5) is 18.1. The fourth-order valence-corrected chi connectivity index (χ4v) is 1.87. The maximum atomic E-state index is 10.6. The van der Waals surface area contributed by atoms with Crippen LogP contribution in [0.2, 0.25) is 5.02 Å². The highest BCUT2D eigenvalue weighted by molar-refractivity contribution is 6.33. The van der Waals surface area contributed by atoms with Crippen molar-refractivity contribution in [3.05, 3.63) is 39.1 Å². The molecular weight excluding hydrogens is 314 g/mol. The van der Waals surface area contributed by atoms with E-state index in [1.54, 1.807) is 0 Å². The minimum Gasteiger partial charge on any atom is -0.371 e. The molecule has 22 heavy (non-hydrogen) atoms. The van der Waals surface area contributed by atoms with Gasteiger partial charge in [-0.15, -0.1) is 0 Å². The summed E-state index contributed by atoms with van der Waals surface area (Å²) in [5, 5.41) is 17.4. The average Bonchev–Trinajstić information content (AvgIpc) is 2.95. The van der Waals surface area contributed by atoms with Crippen molar-refractivity contribution < 1.29 is 14.2 Å². The number of hydrogen-bond donors (Lipinski definition) is 1. The van der Waals surface area contributed by atoms with E-state index >= 15 is 0 Å². The molecule has 10 heteroatoms. The van der Waals surface area contributed by atoms with E-state index in [0.717, 1.165) is 6.20 Å². The van der Waals surface area contributed by atoms with Gasteiger partial charge in [0.2, 0.25) is 5.89 Å². The Morgan fingerprint density at radius 3 is 3.00 bits per heavy atom. The van der Waals surface area contributed by atoms with Gasteiger partial charge in [-0.05, 0) is 13.8 Å². The Bertz CT molecular complexity index is 663. The zero-order valence-electron chi connectivity index (χ0n) is 11.9. The van der Waals surface area contributed by atoms with Gasteiger partial charge in [0.15, 0.2) is 5.82 Å². The summed E-state index contributed by atoms with van der Waals surface area (Å²) in [6.07, 6.45) is 0.855. The number of pyridine rings is 1. The predicted octanol–water partition coefficient (Wildman–Crippen LogP) is 2.74. The molecule has 0 aromatic carbocycles. The van der Waals surface area contributed by atoms with Crippen molar-refractivity contribution in [2.45, 2.75) is 26.5 Å². The summed E-state index contributed by atoms with van der Waals surface area (Å²) in [7, 11) is 0. The van der Waals surface area contributed by atoms with Gasteiger partial charge in [0.25, 0.3) is 5.69 Å². The van der Waals surface area contributed by atoms with Gasteiger partial charge >= 0.3 is 0 Å². The van der Waals surface area contributed by atoms with E-state index in [4.69, 9.17) is 20.9 Å². The molecule has 0 unspecified atom stereocenters. The van der Waals surface area contributed by atoms with Crippen molar-refractivity contribution in [1.82, 2.24) is 15.1 Å². The number of nitrogens with zero attached hydrogens (tertiary/aromatic N) is 4. The monoisotopic (exact) mass is 327 g/mol. The number of hydrogen-bond acceptors (Lipinski definition) is 8. The van der Waals surface area contributed by atoms with Gasteiger partial charge in [-0.25, -0.2) is 4.98 Å². The van der Waals surface area contributed by atoms with Gasteiger partial charge in [0, 0.05) is 12.7 Å². The van der Waals surface area contributed by atoms with Crippen molar-refractivity contribution in [2.24, 2.45) is 0 Å². The van der Waals surface area contributed by atoms with Crippen LogP contribution >= 0.6 is 11.6 Å². The molecule has 9 nitrogen and oxygen atoms in total. The minimum atomic E-state index is -0.567. The van der Waals surface area contributed by atoms with Crippen molar-refractivity contribution in [2.75, 3.05) is 11.9 Å². The highest BCUT2D eigenvalue weighted by Gasteiger charge is 2.15. The maximum Gasteiger partial charge on any atom is 0.289 e. The molecule has 1 atom stereocenters. The Labute approximate surface area is 130 Å². The van der Waals surface area contributed by atoms with Gasteiger partial charge in [0.05, 0.1) is 16.5 Å². The molecule has 0 bridgehead atoms. The van der Waals surface area contributed by atoms with Crippen LogP contribution in [0.25, 0.3) is 0 Å². The van der Waals surface area contributed by atoms with E-state index in [-0.39, 0.29) is 23.4 Å². The zero-order chi connectivity index (χ0) is 16.1. The van der Waals surface area contributed by atoms with Crippen LogP contribution in [-0.4, -0.2) is 26.7 Å². The number of anilines is 1. The van der Waals surface area contributed by atoms with Crippen molar-refractivity contribution >= 4 is 23.1 Å². The lowest BCUT2D eigenvalue weighted by atomic mass is 10.4. The third-order valence-electron chi connectivity index (χ3n) is 2.71. The first-order valence-corrected chi connectivity index (χ1v) is 6.87. The smallest absolute Gasteiger partial charge is 0.289 e. The average molecular weight is 328 g/mol. The molecular formula is C12H14ClN5O4. The fraction of sp³-hybridized carbons (Fsp3) is 0.417. The van der Waals surface area contributed by atoms with Crippen LogP contribution in [0.1, 0.15) is 31.7 Å². The molecule has 0 saturated carbocycles. The first-order chi connectivity index (χ1) is 10.5. The first kappa shape index (κ1) is 16.1. The first-order valence-electron chi connectivity index (χ1n) is 6.49. The second-order valence-electron chi connectivity index (χ2n) is 4.28. The molecule has 2 heterocycles. The summed E-state index contributed by atoms with van der Waals surface area (Å²) in [5.41, 5.74) is -0.179. The molecule has 1 N–H and O–H groups in total. The lowest BCUT2D eigenvalue weighted by molar-refractivity contribution is -0.385. The lowest BCUT2D eigenvalue weighted by Gasteiger charge is -2.05. The number of rotatable bonds is 7. The topological polar surface area (TPSA) is 116 Å². The number of aromatic nitrogens is 3. The van der Waals surface area contributed by atoms with Crippen LogP contribution in [0.4, 0.5) is 11.5 Å². The van der Waals surface area contributed by atoms with Gasteiger partial charge in [-0.1, -0.05) is 16.8 Å². The molecule has 118 valence electrons. The Kier molecular flexibility index (Phi) is 5.23. The number of nitro groups is 1. The van der Waals surface area contributed by atoms with Crippen LogP contribution in [0.5, 0.6) is 0 Å². The fourth-order valence-electron chi connectivity index (χ4n) is 1.65. The minimum absolute atomic E-state index is 0.136. The molecule has 0 amide bonds. The van der Waals surface area contributed by atoms with Crippen LogP contribution in [0.3, 0.4) is 0 Å². The predicted molar refractivity (Wildman–Crippen MR) is 77.6 cm³/mol. The van der Waals surface area contributed by atoms with Gasteiger partial charge < -0.3 is 14.6 Å². The van der Waals surface area contributed by atoms with Crippen LogP contribution in [-0.2, 0) is 11.3 Å². The van der Waals surface area contributed by atoms with E-state index in [9.17, 15) is 10.1 Å². The second-order valence-corrected chi connectivity index (χ2v) is 4.69. The summed E-state index contributed by atoms with van der Waals surface area (Å²) in [6.45, 7) is 4.43. The van der Waals surface area contributed by atoms with E-state index in [0.29, 0.717) is 24.1 Å². The Balaban J connectivity index is 2.00. The van der Waals surface area contributed by atoms with Crippen molar-refractivity contribution in [3.8, 4) is 0 Å². The second kappa shape index (κ2) is 7.14. The van der Waals surface area contributed by atoms with Crippen LogP contribution < -0.4 is 5.32 Å². The maximum absolute atomic E-state index is 10.6. The molecule has 0 saturated heterocycles. The van der Waals surface area contributed by atoms with Crippen LogP contribution in [0.15, 0.2) is 16.8 Å². The number of ether oxygens (including phenoxy) is 1. The van der Waals surface area contributed by atoms with Crippen molar-refractivity contribution in [1.29, 1.82) is 0 Å². The summed E-state index contributed by atoms with van der Waals surface area (Å²) >= 11 is 5.92. The normalized spacial score (nSPS) is 12.1. The zero-order valence-corrected chi connectivity index (χ0v) is 12.7. The third-order valence-corrected chi connectivity index (χ3v) is 3.00. The summed E-state index contributed by atoms with van der Waals surface area (Å²) < 4.78 is 10.4. The Hall–Kier alpha value is -2.26. The quantitative estimate of drug-likeness (QED) is 0.609. The van der Waals surface area contributed by atoms with Crippen LogP contribution in [0, 0.1) is 10.1 Å². The summed E-state index contributed by atoms with van der Waals surface area (Å²) in [6, 6.07) is 1.22. The lowest BCUT2D eigenvalue weighted by Crippen LogP contribution is -2.04. The molecule has 2 aromatic heterocycles. The Morgan fingerprint density at radius 1 is 1.59 bits per heavy atom. The third kappa shape index (κ3) is 3.89. The molecule has 2 aromatic rings. The van der Waals surface area contributed by atoms with E-state index in [2.05, 4.69) is 20.4 Å². The van der Waals surface area contributed by atoms with E-state index < -0.39 is 4.92 Å². The number of nitrogens with one attached hydrogen (secondary N) is 1. The standard InChI is InChI=1S/C12H14ClN5O4/c1-3-21-7(2)11-16-10(22-17-11)6-15-12-9(13)4-8(5-14-12)18(19)20/h4-5,7H,3,6H2,1-2H3,(H,14,15)/t7-/m0/s1. The van der Waals surface area contributed by atoms with Gasteiger partial charge in [0.1, 0.15) is 18.1 Å². The van der Waals surface area contributed by atoms with E-state index in [1.165, 1.54) is 6.07 Å². The molecule has 0 aliphatic heterocycles.